The molecule has 4 rings (SSSR count). The van der Waals surface area contributed by atoms with Gasteiger partial charge in [0, 0.05) is 67.0 Å². The van der Waals surface area contributed by atoms with Crippen molar-refractivity contribution in [2.24, 2.45) is 0 Å². The number of esters is 1. The number of ether oxygens (including phenoxy) is 1. The van der Waals surface area contributed by atoms with Crippen LogP contribution in [0.5, 0.6) is 0 Å². The van der Waals surface area contributed by atoms with Crippen LogP contribution >= 0.6 is 0 Å². The smallest absolute Gasteiger partial charge is 0.337 e. The Morgan fingerprint density at radius 2 is 1.79 bits per heavy atom. The summed E-state index contributed by atoms with van der Waals surface area (Å²) >= 11 is 0. The number of hydrogen-bond acceptors (Lipinski definition) is 4. The molecule has 0 unspecified atom stereocenters. The third-order valence-corrected chi connectivity index (χ3v) is 5.31. The highest BCUT2D eigenvalue weighted by molar-refractivity contribution is 5.97. The lowest BCUT2D eigenvalue weighted by molar-refractivity contribution is 0.0600. The number of amides is 1. The van der Waals surface area contributed by atoms with Gasteiger partial charge in [0.25, 0.3) is 5.91 Å². The highest BCUT2D eigenvalue weighted by atomic mass is 16.5. The van der Waals surface area contributed by atoms with Crippen LogP contribution in [0.2, 0.25) is 0 Å². The molecule has 1 aromatic heterocycles. The molecule has 3 aromatic rings. The van der Waals surface area contributed by atoms with Crippen LogP contribution in [-0.2, 0) is 17.7 Å². The standard InChI is InChI=1S/C22H23N3O3/c1-24(2)16-7-4-14(5-8-16)21(26)25-11-10-20-18(13-25)17-12-15(22(27)28-3)6-9-19(17)23-20/h4-9,12,23H,10-11,13H2,1-3H3. The van der Waals surface area contributed by atoms with E-state index in [4.69, 9.17) is 4.74 Å². The number of carbonyl (C=O) groups is 2. The monoisotopic (exact) mass is 377 g/mol. The molecule has 144 valence electrons. The summed E-state index contributed by atoms with van der Waals surface area (Å²) in [4.78, 5) is 32.2. The number of hydrogen-bond donors (Lipinski definition) is 1. The maximum absolute atomic E-state index is 13.0. The molecular formula is C22H23N3O3. The highest BCUT2D eigenvalue weighted by Gasteiger charge is 2.25. The highest BCUT2D eigenvalue weighted by Crippen LogP contribution is 2.29. The van der Waals surface area contributed by atoms with Gasteiger partial charge in [-0.2, -0.15) is 0 Å². The first-order chi connectivity index (χ1) is 13.5. The van der Waals surface area contributed by atoms with Crippen molar-refractivity contribution in [2.45, 2.75) is 13.0 Å². The second kappa shape index (κ2) is 7.03. The van der Waals surface area contributed by atoms with E-state index in [9.17, 15) is 9.59 Å². The zero-order chi connectivity index (χ0) is 19.8. The van der Waals surface area contributed by atoms with E-state index in [0.717, 1.165) is 34.3 Å². The largest absolute Gasteiger partial charge is 0.465 e. The molecule has 1 aliphatic heterocycles. The van der Waals surface area contributed by atoms with Crippen LogP contribution in [0, 0.1) is 0 Å². The number of H-pyrrole nitrogens is 1. The second-order valence-corrected chi connectivity index (χ2v) is 7.25. The maximum Gasteiger partial charge on any atom is 0.337 e. The molecule has 0 aliphatic carbocycles. The van der Waals surface area contributed by atoms with Crippen LogP contribution in [0.15, 0.2) is 42.5 Å². The number of nitrogens with one attached hydrogen (secondary N) is 1. The van der Waals surface area contributed by atoms with Crippen molar-refractivity contribution in [1.29, 1.82) is 0 Å². The van der Waals surface area contributed by atoms with Crippen molar-refractivity contribution in [1.82, 2.24) is 9.88 Å². The lowest BCUT2D eigenvalue weighted by Crippen LogP contribution is -2.35. The molecule has 28 heavy (non-hydrogen) atoms. The van der Waals surface area contributed by atoms with Gasteiger partial charge in [0.15, 0.2) is 0 Å². The van der Waals surface area contributed by atoms with Crippen molar-refractivity contribution in [3.63, 3.8) is 0 Å². The summed E-state index contributed by atoms with van der Waals surface area (Å²) in [5, 5.41) is 0.971. The molecule has 0 saturated heterocycles. The van der Waals surface area contributed by atoms with E-state index in [0.29, 0.717) is 24.2 Å². The van der Waals surface area contributed by atoms with Crippen LogP contribution in [0.4, 0.5) is 5.69 Å². The molecule has 0 saturated carbocycles. The van der Waals surface area contributed by atoms with E-state index in [-0.39, 0.29) is 11.9 Å². The van der Waals surface area contributed by atoms with Gasteiger partial charge in [-0.1, -0.05) is 0 Å². The summed E-state index contributed by atoms with van der Waals surface area (Å²) in [6.07, 6.45) is 0.763. The number of anilines is 1. The second-order valence-electron chi connectivity index (χ2n) is 7.25. The number of aromatic amines is 1. The summed E-state index contributed by atoms with van der Waals surface area (Å²) in [7, 11) is 5.33. The van der Waals surface area contributed by atoms with E-state index < -0.39 is 0 Å². The van der Waals surface area contributed by atoms with Crippen LogP contribution in [-0.4, -0.2) is 49.5 Å². The van der Waals surface area contributed by atoms with Gasteiger partial charge in [-0.3, -0.25) is 4.79 Å². The Labute approximate surface area is 163 Å². The number of nitrogens with zero attached hydrogens (tertiary/aromatic N) is 2. The third-order valence-electron chi connectivity index (χ3n) is 5.31. The number of methoxy groups -OCH3 is 1. The molecule has 0 fully saturated rings. The Bertz CT molecular complexity index is 1050. The fourth-order valence-electron chi connectivity index (χ4n) is 3.72. The minimum Gasteiger partial charge on any atom is -0.465 e. The van der Waals surface area contributed by atoms with Crippen LogP contribution in [0.3, 0.4) is 0 Å². The summed E-state index contributed by atoms with van der Waals surface area (Å²) < 4.78 is 4.83. The van der Waals surface area contributed by atoms with Crippen molar-refractivity contribution in [2.75, 3.05) is 32.6 Å². The van der Waals surface area contributed by atoms with Gasteiger partial charge >= 0.3 is 5.97 Å². The van der Waals surface area contributed by atoms with Crippen molar-refractivity contribution in [3.8, 4) is 0 Å². The lowest BCUT2D eigenvalue weighted by Gasteiger charge is -2.27. The molecule has 0 radical (unpaired) electrons. The molecule has 6 nitrogen and oxygen atoms in total. The molecule has 2 aromatic carbocycles. The Morgan fingerprint density at radius 3 is 2.46 bits per heavy atom. The van der Waals surface area contributed by atoms with Gasteiger partial charge in [-0.15, -0.1) is 0 Å². The van der Waals surface area contributed by atoms with E-state index in [1.807, 2.05) is 60.3 Å². The Hall–Kier alpha value is -3.28. The minimum absolute atomic E-state index is 0.0226. The minimum atomic E-state index is -0.360. The van der Waals surface area contributed by atoms with E-state index in [1.54, 1.807) is 6.07 Å². The third kappa shape index (κ3) is 3.11. The first-order valence-corrected chi connectivity index (χ1v) is 9.26. The average Bonchev–Trinajstić information content (AvgIpc) is 3.09. The number of aromatic nitrogens is 1. The quantitative estimate of drug-likeness (QED) is 0.712. The number of rotatable bonds is 3. The summed E-state index contributed by atoms with van der Waals surface area (Å²) in [6.45, 7) is 1.19. The Morgan fingerprint density at radius 1 is 1.07 bits per heavy atom. The number of fused-ring (bicyclic) bond motifs is 3. The molecule has 1 amide bonds. The molecule has 1 aliphatic rings. The van der Waals surface area contributed by atoms with Crippen LogP contribution in [0.25, 0.3) is 10.9 Å². The normalized spacial score (nSPS) is 13.3. The molecule has 0 atom stereocenters. The molecule has 6 heteroatoms. The molecule has 0 spiro atoms. The Balaban J connectivity index is 1.63. The van der Waals surface area contributed by atoms with E-state index >= 15 is 0 Å². The van der Waals surface area contributed by atoms with Crippen LogP contribution < -0.4 is 4.90 Å². The van der Waals surface area contributed by atoms with Gasteiger partial charge < -0.3 is 19.5 Å². The summed E-state index contributed by atoms with van der Waals surface area (Å²) in [5.41, 5.74) is 5.43. The predicted molar refractivity (Wildman–Crippen MR) is 109 cm³/mol. The first-order valence-electron chi connectivity index (χ1n) is 9.26. The topological polar surface area (TPSA) is 65.6 Å². The molecular weight excluding hydrogens is 354 g/mol. The van der Waals surface area contributed by atoms with E-state index in [1.165, 1.54) is 7.11 Å². The number of carbonyl (C=O) groups excluding carboxylic acids is 2. The van der Waals surface area contributed by atoms with Crippen molar-refractivity contribution < 1.29 is 14.3 Å². The van der Waals surface area contributed by atoms with E-state index in [2.05, 4.69) is 4.98 Å². The van der Waals surface area contributed by atoms with Gasteiger partial charge in [0.2, 0.25) is 0 Å². The SMILES string of the molecule is COC(=O)c1ccc2[nH]c3c(c2c1)CN(C(=O)c1ccc(N(C)C)cc1)CC3. The molecule has 1 N–H and O–H groups in total. The lowest BCUT2D eigenvalue weighted by atomic mass is 10.0. The molecule has 0 bridgehead atoms. The Kier molecular flexibility index (Phi) is 4.55. The molecule has 2 heterocycles. The maximum atomic E-state index is 13.0. The van der Waals surface area contributed by atoms with Crippen molar-refractivity contribution >= 4 is 28.5 Å². The zero-order valence-electron chi connectivity index (χ0n) is 16.3. The van der Waals surface area contributed by atoms with Crippen molar-refractivity contribution in [3.05, 3.63) is 64.8 Å². The van der Waals surface area contributed by atoms with Gasteiger partial charge in [0.05, 0.1) is 12.7 Å². The summed E-state index contributed by atoms with van der Waals surface area (Å²) in [6, 6.07) is 13.1. The van der Waals surface area contributed by atoms with Gasteiger partial charge in [-0.05, 0) is 42.5 Å². The number of benzene rings is 2. The average molecular weight is 377 g/mol. The predicted octanol–water partition coefficient (Wildman–Crippen LogP) is 3.22. The van der Waals surface area contributed by atoms with Gasteiger partial charge in [0.1, 0.15) is 0 Å². The summed E-state index contributed by atoms with van der Waals surface area (Å²) in [5.74, 6) is -0.337. The fraction of sp³-hybridized carbons (Fsp3) is 0.273. The zero-order valence-corrected chi connectivity index (χ0v) is 16.3. The van der Waals surface area contributed by atoms with Gasteiger partial charge in [-0.25, -0.2) is 4.79 Å². The first kappa shape index (κ1) is 18.1. The fourth-order valence-corrected chi connectivity index (χ4v) is 3.72. The van der Waals surface area contributed by atoms with Crippen LogP contribution in [0.1, 0.15) is 32.0 Å².